The van der Waals surface area contributed by atoms with Crippen molar-refractivity contribution in [1.29, 1.82) is 0 Å². The summed E-state index contributed by atoms with van der Waals surface area (Å²) < 4.78 is 2.80. The summed E-state index contributed by atoms with van der Waals surface area (Å²) in [6, 6.07) is 7.72. The standard InChI is InChI=1S/C20H20BrN5OS/c1-4-9-26-19(15-5-7-22-8-6-15)24-25-20(26)28-12-18(27)23-17-11-14(3)13(2)10-16(17)21/h4-8,10-11H,1,9,12H2,2-3H3,(H,23,27). The van der Waals surface area contributed by atoms with Crippen molar-refractivity contribution in [2.45, 2.75) is 25.5 Å². The first-order valence-corrected chi connectivity index (χ1v) is 10.4. The van der Waals surface area contributed by atoms with E-state index in [1.165, 1.54) is 17.3 Å². The Morgan fingerprint density at radius 1 is 1.25 bits per heavy atom. The number of allylic oxidation sites excluding steroid dienone is 1. The van der Waals surface area contributed by atoms with Crippen LogP contribution in [-0.2, 0) is 11.3 Å². The maximum Gasteiger partial charge on any atom is 0.234 e. The Hall–Kier alpha value is -2.45. The van der Waals surface area contributed by atoms with Crippen LogP contribution in [0.25, 0.3) is 11.4 Å². The van der Waals surface area contributed by atoms with Crippen LogP contribution in [0.4, 0.5) is 5.69 Å². The van der Waals surface area contributed by atoms with E-state index in [-0.39, 0.29) is 11.7 Å². The molecule has 0 saturated heterocycles. The van der Waals surface area contributed by atoms with Crippen molar-refractivity contribution in [2.24, 2.45) is 0 Å². The van der Waals surface area contributed by atoms with Gasteiger partial charge in [-0.15, -0.1) is 16.8 Å². The van der Waals surface area contributed by atoms with Crippen LogP contribution in [0.1, 0.15) is 11.1 Å². The molecule has 0 radical (unpaired) electrons. The SMILES string of the molecule is C=CCn1c(SCC(=O)Nc2cc(C)c(C)cc2Br)nnc1-c1ccncc1. The Labute approximate surface area is 176 Å². The molecule has 0 aliphatic heterocycles. The molecule has 6 nitrogen and oxygen atoms in total. The van der Waals surface area contributed by atoms with Crippen LogP contribution in [0.3, 0.4) is 0 Å². The minimum Gasteiger partial charge on any atom is -0.324 e. The number of anilines is 1. The van der Waals surface area contributed by atoms with E-state index < -0.39 is 0 Å². The molecule has 0 fully saturated rings. The molecular weight excluding hydrogens is 438 g/mol. The van der Waals surface area contributed by atoms with Crippen LogP contribution < -0.4 is 5.32 Å². The molecule has 0 atom stereocenters. The number of nitrogens with zero attached hydrogens (tertiary/aromatic N) is 4. The van der Waals surface area contributed by atoms with Gasteiger partial charge in [-0.25, -0.2) is 0 Å². The summed E-state index contributed by atoms with van der Waals surface area (Å²) in [6.45, 7) is 8.41. The Balaban J connectivity index is 1.72. The number of halogens is 1. The number of pyridine rings is 1. The minimum atomic E-state index is -0.104. The number of benzene rings is 1. The zero-order valence-corrected chi connectivity index (χ0v) is 18.0. The molecule has 0 spiro atoms. The van der Waals surface area contributed by atoms with Crippen molar-refractivity contribution in [1.82, 2.24) is 19.7 Å². The van der Waals surface area contributed by atoms with Crippen LogP contribution in [0, 0.1) is 13.8 Å². The Morgan fingerprint density at radius 3 is 2.68 bits per heavy atom. The molecule has 1 N–H and O–H groups in total. The fourth-order valence-corrected chi connectivity index (χ4v) is 3.90. The van der Waals surface area contributed by atoms with E-state index in [0.29, 0.717) is 11.7 Å². The highest BCUT2D eigenvalue weighted by Gasteiger charge is 2.15. The van der Waals surface area contributed by atoms with Crippen LogP contribution in [-0.4, -0.2) is 31.4 Å². The van der Waals surface area contributed by atoms with Gasteiger partial charge in [0.2, 0.25) is 5.91 Å². The molecule has 0 aliphatic rings. The summed E-state index contributed by atoms with van der Waals surface area (Å²) >= 11 is 4.84. The number of rotatable bonds is 7. The molecule has 1 amide bonds. The Bertz CT molecular complexity index is 1000. The first-order chi connectivity index (χ1) is 13.5. The zero-order valence-electron chi connectivity index (χ0n) is 15.6. The number of hydrogen-bond donors (Lipinski definition) is 1. The number of nitrogens with one attached hydrogen (secondary N) is 1. The molecule has 2 heterocycles. The second-order valence-corrected chi connectivity index (χ2v) is 7.99. The van der Waals surface area contributed by atoms with E-state index in [2.05, 4.69) is 43.0 Å². The number of thioether (sulfide) groups is 1. The summed E-state index contributed by atoms with van der Waals surface area (Å²) in [4.78, 5) is 16.5. The van der Waals surface area contributed by atoms with E-state index in [9.17, 15) is 4.79 Å². The third kappa shape index (κ3) is 4.69. The molecular formula is C20H20BrN5OS. The number of amides is 1. The van der Waals surface area contributed by atoms with Gasteiger partial charge < -0.3 is 5.32 Å². The largest absolute Gasteiger partial charge is 0.324 e. The fraction of sp³-hybridized carbons (Fsp3) is 0.200. The van der Waals surface area contributed by atoms with Crippen molar-refractivity contribution in [2.75, 3.05) is 11.1 Å². The molecule has 0 saturated carbocycles. The second-order valence-electron chi connectivity index (χ2n) is 6.19. The highest BCUT2D eigenvalue weighted by atomic mass is 79.9. The Kier molecular flexibility index (Phi) is 6.64. The minimum absolute atomic E-state index is 0.104. The quantitative estimate of drug-likeness (QED) is 0.413. The predicted octanol–water partition coefficient (Wildman–Crippen LogP) is 4.64. The molecule has 3 rings (SSSR count). The molecule has 28 heavy (non-hydrogen) atoms. The van der Waals surface area contributed by atoms with Crippen molar-refractivity contribution in [3.63, 3.8) is 0 Å². The number of carbonyl (C=O) groups excluding carboxylic acids is 1. The topological polar surface area (TPSA) is 72.7 Å². The van der Waals surface area contributed by atoms with E-state index in [0.717, 1.165) is 27.1 Å². The first kappa shape index (κ1) is 20.3. The highest BCUT2D eigenvalue weighted by molar-refractivity contribution is 9.10. The molecule has 0 aliphatic carbocycles. The van der Waals surface area contributed by atoms with Gasteiger partial charge in [0.1, 0.15) is 0 Å². The lowest BCUT2D eigenvalue weighted by atomic mass is 10.1. The van der Waals surface area contributed by atoms with Crippen molar-refractivity contribution in [3.05, 3.63) is 64.9 Å². The number of aromatic nitrogens is 4. The van der Waals surface area contributed by atoms with Crippen LogP contribution >= 0.6 is 27.7 Å². The van der Waals surface area contributed by atoms with Gasteiger partial charge in [-0.2, -0.15) is 0 Å². The van der Waals surface area contributed by atoms with Crippen LogP contribution in [0.15, 0.2) is 58.9 Å². The van der Waals surface area contributed by atoms with Crippen LogP contribution in [0.2, 0.25) is 0 Å². The molecule has 3 aromatic rings. The van der Waals surface area contributed by atoms with Gasteiger partial charge in [0.05, 0.1) is 11.4 Å². The van der Waals surface area contributed by atoms with Crippen molar-refractivity contribution >= 4 is 39.3 Å². The maximum absolute atomic E-state index is 12.4. The second kappa shape index (κ2) is 9.16. The normalized spacial score (nSPS) is 10.7. The van der Waals surface area contributed by atoms with E-state index in [1.54, 1.807) is 18.5 Å². The number of hydrogen-bond acceptors (Lipinski definition) is 5. The Morgan fingerprint density at radius 2 is 1.96 bits per heavy atom. The zero-order chi connectivity index (χ0) is 20.1. The van der Waals surface area contributed by atoms with Crippen molar-refractivity contribution < 1.29 is 4.79 Å². The maximum atomic E-state index is 12.4. The molecule has 1 aromatic carbocycles. The monoisotopic (exact) mass is 457 g/mol. The van der Waals surface area contributed by atoms with Gasteiger partial charge in [0.25, 0.3) is 0 Å². The molecule has 144 valence electrons. The molecule has 8 heteroatoms. The van der Waals surface area contributed by atoms with Gasteiger partial charge in [0, 0.05) is 29.0 Å². The number of carbonyl (C=O) groups is 1. The van der Waals surface area contributed by atoms with E-state index in [1.807, 2.05) is 42.7 Å². The highest BCUT2D eigenvalue weighted by Crippen LogP contribution is 2.27. The van der Waals surface area contributed by atoms with Gasteiger partial charge in [-0.05, 0) is 65.2 Å². The van der Waals surface area contributed by atoms with Gasteiger partial charge in [0.15, 0.2) is 11.0 Å². The lowest BCUT2D eigenvalue weighted by Gasteiger charge is -2.11. The van der Waals surface area contributed by atoms with E-state index >= 15 is 0 Å². The summed E-state index contributed by atoms with van der Waals surface area (Å²) in [5, 5.41) is 12.1. The first-order valence-electron chi connectivity index (χ1n) is 8.63. The summed E-state index contributed by atoms with van der Waals surface area (Å²) in [6.07, 6.45) is 5.21. The fourth-order valence-electron chi connectivity index (χ4n) is 2.60. The van der Waals surface area contributed by atoms with Gasteiger partial charge in [-0.1, -0.05) is 17.8 Å². The van der Waals surface area contributed by atoms with E-state index in [4.69, 9.17) is 0 Å². The molecule has 2 aromatic heterocycles. The number of aryl methyl sites for hydroxylation is 2. The van der Waals surface area contributed by atoms with Crippen LogP contribution in [0.5, 0.6) is 0 Å². The molecule has 0 bridgehead atoms. The lowest BCUT2D eigenvalue weighted by Crippen LogP contribution is -2.15. The van der Waals surface area contributed by atoms with Gasteiger partial charge >= 0.3 is 0 Å². The summed E-state index contributed by atoms with van der Waals surface area (Å²) in [5.74, 6) is 0.847. The van der Waals surface area contributed by atoms with Gasteiger partial charge in [-0.3, -0.25) is 14.3 Å². The summed E-state index contributed by atoms with van der Waals surface area (Å²) in [7, 11) is 0. The average Bonchev–Trinajstić information content (AvgIpc) is 3.08. The lowest BCUT2D eigenvalue weighted by molar-refractivity contribution is -0.113. The van der Waals surface area contributed by atoms with Crippen molar-refractivity contribution in [3.8, 4) is 11.4 Å². The third-order valence-electron chi connectivity index (χ3n) is 4.16. The third-order valence-corrected chi connectivity index (χ3v) is 5.78. The predicted molar refractivity (Wildman–Crippen MR) is 116 cm³/mol. The summed E-state index contributed by atoms with van der Waals surface area (Å²) in [5.41, 5.74) is 3.97. The average molecular weight is 458 g/mol. The smallest absolute Gasteiger partial charge is 0.234 e. The molecule has 0 unspecified atom stereocenters.